The van der Waals surface area contributed by atoms with Gasteiger partial charge in [0, 0.05) is 42.3 Å². The van der Waals surface area contributed by atoms with Crippen molar-refractivity contribution in [3.63, 3.8) is 0 Å². The molecule has 0 aliphatic rings. The minimum atomic E-state index is -3.23. The van der Waals surface area contributed by atoms with Crippen LogP contribution in [0.3, 0.4) is 0 Å². The number of nitrogen functional groups attached to an aromatic ring is 1. The molecule has 0 saturated carbocycles. The Hall–Kier alpha value is -3.72. The van der Waals surface area contributed by atoms with Gasteiger partial charge in [-0.3, -0.25) is 4.98 Å². The number of pyridine rings is 2. The number of nitrogens with zero attached hydrogens (tertiary/aromatic N) is 3. The minimum absolute atomic E-state index is 0. The number of nitrogens with two attached hydrogens (primary N) is 1. The van der Waals surface area contributed by atoms with Gasteiger partial charge in [0.05, 0.1) is 26.5 Å². The zero-order chi connectivity index (χ0) is 24.6. The zero-order valence-corrected chi connectivity index (χ0v) is 19.7. The van der Waals surface area contributed by atoms with Crippen molar-refractivity contribution in [2.45, 2.75) is 24.7 Å². The molecule has 0 spiro atoms. The number of benzene rings is 2. The van der Waals surface area contributed by atoms with Crippen LogP contribution in [0.2, 0.25) is 0 Å². The van der Waals surface area contributed by atoms with Crippen LogP contribution in [0.25, 0.3) is 21.9 Å². The van der Waals surface area contributed by atoms with Gasteiger partial charge in [-0.05, 0) is 47.2 Å². The molecule has 9 heteroatoms. The van der Waals surface area contributed by atoms with E-state index in [1.165, 1.54) is 30.7 Å². The van der Waals surface area contributed by atoms with Gasteiger partial charge in [-0.1, -0.05) is 26.0 Å². The third-order valence-corrected chi connectivity index (χ3v) is 7.12. The summed E-state index contributed by atoms with van der Waals surface area (Å²) >= 11 is 0. The van der Waals surface area contributed by atoms with Crippen LogP contribution in [-0.2, 0) is 9.73 Å². The predicted molar refractivity (Wildman–Crippen MR) is 134 cm³/mol. The first-order valence-electron chi connectivity index (χ1n) is 10.5. The number of halogens is 2. The summed E-state index contributed by atoms with van der Waals surface area (Å²) < 4.78 is 46.0. The maximum absolute atomic E-state index is 14.4. The largest absolute Gasteiger partial charge is 0.398 e. The third kappa shape index (κ3) is 4.26. The minimum Gasteiger partial charge on any atom is -0.398 e. The SMILES string of the molecule is CC(C)c1nc(N=S(C)(=O)c2ccncc2F)c2cc(N)c(C=N)cc2c1-c1ccc(F)cc1.[HH]. The summed E-state index contributed by atoms with van der Waals surface area (Å²) in [4.78, 5) is 8.38. The lowest BCUT2D eigenvalue weighted by Crippen LogP contribution is -2.04. The first kappa shape index (κ1) is 23.4. The van der Waals surface area contributed by atoms with Crippen molar-refractivity contribution in [2.75, 3.05) is 12.0 Å². The topological polar surface area (TPSA) is 105 Å². The number of hydrogen-bond acceptors (Lipinski definition) is 6. The molecule has 0 bridgehead atoms. The Labute approximate surface area is 198 Å². The third-order valence-electron chi connectivity index (χ3n) is 5.46. The van der Waals surface area contributed by atoms with E-state index in [0.717, 1.165) is 23.5 Å². The quantitative estimate of drug-likeness (QED) is 0.257. The van der Waals surface area contributed by atoms with Crippen LogP contribution >= 0.6 is 0 Å². The second-order valence-electron chi connectivity index (χ2n) is 8.23. The number of anilines is 1. The Morgan fingerprint density at radius 3 is 2.47 bits per heavy atom. The standard InChI is InChI=1S/C25H23F2N5OS.H2/c1-14(2)24-23(15-4-6-17(26)7-5-15)18-10-16(12-28)21(29)11-19(18)25(31-24)32-34(3,33)22-8-9-30-13-20(22)27;/h4-14,28H,29H2,1-3H3;1H. The lowest BCUT2D eigenvalue weighted by atomic mass is 9.91. The molecular weight excluding hydrogens is 456 g/mol. The van der Waals surface area contributed by atoms with Gasteiger partial charge >= 0.3 is 0 Å². The average molecular weight is 482 g/mol. The number of hydrogen-bond donors (Lipinski definition) is 2. The van der Waals surface area contributed by atoms with Crippen LogP contribution in [-0.4, -0.2) is 26.6 Å². The van der Waals surface area contributed by atoms with Gasteiger partial charge in [-0.15, -0.1) is 0 Å². The van der Waals surface area contributed by atoms with Crippen LogP contribution in [0, 0.1) is 17.0 Å². The van der Waals surface area contributed by atoms with E-state index in [-0.39, 0.29) is 23.9 Å². The highest BCUT2D eigenvalue weighted by Gasteiger charge is 2.21. The van der Waals surface area contributed by atoms with Crippen molar-refractivity contribution >= 4 is 38.2 Å². The lowest BCUT2D eigenvalue weighted by Gasteiger charge is -2.18. The summed E-state index contributed by atoms with van der Waals surface area (Å²) in [5.41, 5.74) is 9.08. The Kier molecular flexibility index (Phi) is 6.14. The Bertz CT molecular complexity index is 1550. The van der Waals surface area contributed by atoms with E-state index in [0.29, 0.717) is 27.7 Å². The first-order valence-corrected chi connectivity index (χ1v) is 12.4. The summed E-state index contributed by atoms with van der Waals surface area (Å²) in [6.45, 7) is 3.90. The summed E-state index contributed by atoms with van der Waals surface area (Å²) in [6.07, 6.45) is 4.83. The van der Waals surface area contributed by atoms with Crippen molar-refractivity contribution in [1.82, 2.24) is 9.97 Å². The molecule has 0 aliphatic heterocycles. The molecule has 6 nitrogen and oxygen atoms in total. The molecule has 0 saturated heterocycles. The van der Waals surface area contributed by atoms with Crippen LogP contribution in [0.4, 0.5) is 20.3 Å². The highest BCUT2D eigenvalue weighted by atomic mass is 32.2. The van der Waals surface area contributed by atoms with Gasteiger partial charge < -0.3 is 11.1 Å². The molecule has 0 radical (unpaired) electrons. The fraction of sp³-hybridized carbons (Fsp3) is 0.160. The maximum Gasteiger partial charge on any atom is 0.170 e. The van der Waals surface area contributed by atoms with E-state index >= 15 is 0 Å². The van der Waals surface area contributed by atoms with Gasteiger partial charge in [0.1, 0.15) is 5.82 Å². The molecule has 1 atom stereocenters. The molecule has 0 aliphatic carbocycles. The highest BCUT2D eigenvalue weighted by molar-refractivity contribution is 7.93. The molecule has 4 rings (SSSR count). The van der Waals surface area contributed by atoms with E-state index in [4.69, 9.17) is 16.1 Å². The number of aromatic nitrogens is 2. The maximum atomic E-state index is 14.4. The molecule has 2 aromatic heterocycles. The summed E-state index contributed by atoms with van der Waals surface area (Å²) in [5, 5.41) is 8.91. The van der Waals surface area contributed by atoms with Gasteiger partial charge in [0.15, 0.2) is 11.6 Å². The van der Waals surface area contributed by atoms with Gasteiger partial charge in [-0.2, -0.15) is 4.36 Å². The highest BCUT2D eigenvalue weighted by Crippen LogP contribution is 2.41. The molecule has 2 heterocycles. The van der Waals surface area contributed by atoms with E-state index in [1.54, 1.807) is 24.3 Å². The van der Waals surface area contributed by atoms with Crippen LogP contribution in [0.5, 0.6) is 0 Å². The number of fused-ring (bicyclic) bond motifs is 1. The van der Waals surface area contributed by atoms with Crippen molar-refractivity contribution in [3.05, 3.63) is 77.8 Å². The zero-order valence-electron chi connectivity index (χ0n) is 18.8. The monoisotopic (exact) mass is 481 g/mol. The van der Waals surface area contributed by atoms with E-state index in [9.17, 15) is 13.0 Å². The van der Waals surface area contributed by atoms with Crippen LogP contribution in [0.1, 0.15) is 32.4 Å². The molecular formula is C25H25F2N5OS. The van der Waals surface area contributed by atoms with E-state index < -0.39 is 15.5 Å². The molecule has 34 heavy (non-hydrogen) atoms. The van der Waals surface area contributed by atoms with Crippen molar-refractivity contribution in [3.8, 4) is 11.1 Å². The molecule has 3 N–H and O–H groups in total. The number of rotatable bonds is 5. The lowest BCUT2D eigenvalue weighted by molar-refractivity contribution is 0.588. The summed E-state index contributed by atoms with van der Waals surface area (Å²) in [6, 6.07) is 10.7. The molecule has 2 aromatic carbocycles. The molecule has 176 valence electrons. The summed E-state index contributed by atoms with van der Waals surface area (Å²) in [7, 11) is -3.23. The van der Waals surface area contributed by atoms with Crippen molar-refractivity contribution < 1.29 is 14.4 Å². The predicted octanol–water partition coefficient (Wildman–Crippen LogP) is 6.31. The van der Waals surface area contributed by atoms with Gasteiger partial charge in [0.2, 0.25) is 0 Å². The fourth-order valence-corrected chi connectivity index (χ4v) is 5.10. The smallest absolute Gasteiger partial charge is 0.170 e. The van der Waals surface area contributed by atoms with Gasteiger partial charge in [0.25, 0.3) is 0 Å². The fourth-order valence-electron chi connectivity index (χ4n) is 3.81. The molecule has 1 unspecified atom stereocenters. The molecule has 0 fully saturated rings. The molecule has 4 aromatic rings. The Balaban J connectivity index is 0.00000342. The van der Waals surface area contributed by atoms with E-state index in [1.807, 2.05) is 13.8 Å². The second-order valence-corrected chi connectivity index (χ2v) is 10.5. The van der Waals surface area contributed by atoms with Crippen molar-refractivity contribution in [2.24, 2.45) is 4.36 Å². The normalized spacial score (nSPS) is 13.1. The van der Waals surface area contributed by atoms with Crippen LogP contribution < -0.4 is 5.73 Å². The number of nitrogens with one attached hydrogen (secondary N) is 1. The Morgan fingerprint density at radius 1 is 1.15 bits per heavy atom. The van der Waals surface area contributed by atoms with Crippen molar-refractivity contribution in [1.29, 1.82) is 5.41 Å². The second kappa shape index (κ2) is 8.90. The van der Waals surface area contributed by atoms with E-state index in [2.05, 4.69) is 9.35 Å². The summed E-state index contributed by atoms with van der Waals surface area (Å²) in [5.74, 6) is -1.02. The van der Waals surface area contributed by atoms with Gasteiger partial charge in [-0.25, -0.2) is 18.0 Å². The Morgan fingerprint density at radius 2 is 1.85 bits per heavy atom. The van der Waals surface area contributed by atoms with Crippen LogP contribution in [0.15, 0.2) is 64.1 Å². The first-order chi connectivity index (χ1) is 16.1. The molecule has 0 amide bonds. The average Bonchev–Trinajstić information content (AvgIpc) is 2.79.